The third-order valence-electron chi connectivity index (χ3n) is 3.63. The molecule has 0 saturated carbocycles. The minimum absolute atomic E-state index is 0.00525. The Morgan fingerprint density at radius 2 is 2.38 bits per heavy atom. The summed E-state index contributed by atoms with van der Waals surface area (Å²) in [5, 5.41) is 9.99. The zero-order valence-corrected chi connectivity index (χ0v) is 12.9. The molecule has 1 N–H and O–H groups in total. The average Bonchev–Trinajstić information content (AvgIpc) is 2.47. The van der Waals surface area contributed by atoms with Gasteiger partial charge in [-0.2, -0.15) is 0 Å². The van der Waals surface area contributed by atoms with Gasteiger partial charge in [0.15, 0.2) is 0 Å². The zero-order valence-electron chi connectivity index (χ0n) is 12.2. The van der Waals surface area contributed by atoms with Crippen LogP contribution in [0.15, 0.2) is 24.3 Å². The van der Waals surface area contributed by atoms with Gasteiger partial charge in [-0.05, 0) is 17.7 Å². The van der Waals surface area contributed by atoms with Crippen molar-refractivity contribution in [1.29, 1.82) is 0 Å². The Labute approximate surface area is 130 Å². The maximum atomic E-state index is 12.3. The lowest BCUT2D eigenvalue weighted by molar-refractivity contribution is -0.134. The van der Waals surface area contributed by atoms with Crippen molar-refractivity contribution in [3.63, 3.8) is 0 Å². The van der Waals surface area contributed by atoms with Gasteiger partial charge in [0.05, 0.1) is 32.4 Å². The van der Waals surface area contributed by atoms with Crippen molar-refractivity contribution in [2.75, 3.05) is 40.0 Å². The Bertz CT molecular complexity index is 484. The summed E-state index contributed by atoms with van der Waals surface area (Å²) < 4.78 is 5.31. The van der Waals surface area contributed by atoms with Gasteiger partial charge in [0.1, 0.15) is 0 Å². The number of carbonyl (C=O) groups is 1. The number of aliphatic hydroxyl groups excluding tert-OH is 1. The topological polar surface area (TPSA) is 53.0 Å². The van der Waals surface area contributed by atoms with E-state index in [1.165, 1.54) is 0 Å². The summed E-state index contributed by atoms with van der Waals surface area (Å²) in [5.74, 6) is 0.0234. The van der Waals surface area contributed by atoms with Gasteiger partial charge >= 0.3 is 0 Å². The number of amides is 1. The number of nitrogens with zero attached hydrogens (tertiary/aromatic N) is 2. The van der Waals surface area contributed by atoms with Crippen LogP contribution in [0.4, 0.5) is 0 Å². The van der Waals surface area contributed by atoms with E-state index < -0.39 is 0 Å². The van der Waals surface area contributed by atoms with E-state index in [2.05, 4.69) is 0 Å². The van der Waals surface area contributed by atoms with Gasteiger partial charge < -0.3 is 14.7 Å². The second kappa shape index (κ2) is 7.75. The van der Waals surface area contributed by atoms with Crippen LogP contribution in [0.2, 0.25) is 5.02 Å². The van der Waals surface area contributed by atoms with Crippen LogP contribution in [-0.4, -0.2) is 66.8 Å². The van der Waals surface area contributed by atoms with E-state index in [0.29, 0.717) is 37.9 Å². The average molecular weight is 313 g/mol. The van der Waals surface area contributed by atoms with Crippen LogP contribution in [-0.2, 0) is 16.1 Å². The molecule has 0 bridgehead atoms. The Hall–Kier alpha value is -1.14. The molecule has 1 aromatic rings. The number of rotatable bonds is 5. The standard InChI is InChI=1S/C15H21ClN2O3/c1-17(8-12-3-2-4-13(16)7-12)15(20)9-18-5-6-21-11-14(18)10-19/h2-4,7,14,19H,5-6,8-11H2,1H3. The smallest absolute Gasteiger partial charge is 0.236 e. The van der Waals surface area contributed by atoms with Crippen LogP contribution in [0.1, 0.15) is 5.56 Å². The molecule has 0 spiro atoms. The van der Waals surface area contributed by atoms with Crippen molar-refractivity contribution in [1.82, 2.24) is 9.80 Å². The number of carbonyl (C=O) groups excluding carboxylic acids is 1. The molecule has 1 saturated heterocycles. The lowest BCUT2D eigenvalue weighted by Gasteiger charge is -2.34. The molecule has 2 rings (SSSR count). The first-order chi connectivity index (χ1) is 10.1. The normalized spacial score (nSPS) is 19.5. The second-order valence-corrected chi connectivity index (χ2v) is 5.70. The van der Waals surface area contributed by atoms with Crippen molar-refractivity contribution in [3.8, 4) is 0 Å². The van der Waals surface area contributed by atoms with E-state index in [4.69, 9.17) is 16.3 Å². The highest BCUT2D eigenvalue weighted by atomic mass is 35.5. The van der Waals surface area contributed by atoms with Gasteiger partial charge in [-0.3, -0.25) is 9.69 Å². The molecule has 1 amide bonds. The molecule has 0 radical (unpaired) electrons. The molecule has 1 aromatic carbocycles. The summed E-state index contributed by atoms with van der Waals surface area (Å²) in [5.41, 5.74) is 0.999. The molecule has 1 aliphatic rings. The van der Waals surface area contributed by atoms with Crippen LogP contribution >= 0.6 is 11.6 Å². The van der Waals surface area contributed by atoms with Crippen LogP contribution in [0.3, 0.4) is 0 Å². The van der Waals surface area contributed by atoms with E-state index >= 15 is 0 Å². The Morgan fingerprint density at radius 3 is 3.10 bits per heavy atom. The predicted molar refractivity (Wildman–Crippen MR) is 81.2 cm³/mol. The Morgan fingerprint density at radius 1 is 1.57 bits per heavy atom. The fourth-order valence-electron chi connectivity index (χ4n) is 2.36. The predicted octanol–water partition coefficient (Wildman–Crippen LogP) is 0.991. The molecule has 6 heteroatoms. The lowest BCUT2D eigenvalue weighted by atomic mass is 10.2. The quantitative estimate of drug-likeness (QED) is 0.881. The van der Waals surface area contributed by atoms with Gasteiger partial charge in [0, 0.05) is 25.2 Å². The first kappa shape index (κ1) is 16.2. The van der Waals surface area contributed by atoms with Gasteiger partial charge in [-0.1, -0.05) is 23.7 Å². The third kappa shape index (κ3) is 4.68. The van der Waals surface area contributed by atoms with Crippen LogP contribution < -0.4 is 0 Å². The van der Waals surface area contributed by atoms with Crippen molar-refractivity contribution < 1.29 is 14.6 Å². The number of benzene rings is 1. The zero-order chi connectivity index (χ0) is 15.2. The van der Waals surface area contributed by atoms with Crippen molar-refractivity contribution >= 4 is 17.5 Å². The number of morpholine rings is 1. The lowest BCUT2D eigenvalue weighted by Crippen LogP contribution is -2.51. The van der Waals surface area contributed by atoms with Crippen molar-refractivity contribution in [2.24, 2.45) is 0 Å². The van der Waals surface area contributed by atoms with E-state index in [0.717, 1.165) is 5.56 Å². The van der Waals surface area contributed by atoms with Crippen LogP contribution in [0.5, 0.6) is 0 Å². The summed E-state index contributed by atoms with van der Waals surface area (Å²) in [6.07, 6.45) is 0. The molecular weight excluding hydrogens is 292 g/mol. The molecule has 0 aromatic heterocycles. The summed E-state index contributed by atoms with van der Waals surface area (Å²) in [6.45, 7) is 2.57. The SMILES string of the molecule is CN(Cc1cccc(Cl)c1)C(=O)CN1CCOCC1CO. The number of hydrogen-bond acceptors (Lipinski definition) is 4. The highest BCUT2D eigenvalue weighted by Crippen LogP contribution is 2.13. The molecule has 1 atom stereocenters. The first-order valence-electron chi connectivity index (χ1n) is 7.01. The highest BCUT2D eigenvalue weighted by molar-refractivity contribution is 6.30. The number of likely N-dealkylation sites (N-methyl/N-ethyl adjacent to an activating group) is 1. The van der Waals surface area contributed by atoms with Crippen molar-refractivity contribution in [3.05, 3.63) is 34.9 Å². The van der Waals surface area contributed by atoms with Gasteiger partial charge in [0.25, 0.3) is 0 Å². The second-order valence-electron chi connectivity index (χ2n) is 5.26. The van der Waals surface area contributed by atoms with Gasteiger partial charge in [0.2, 0.25) is 5.91 Å². The molecule has 5 nitrogen and oxygen atoms in total. The van der Waals surface area contributed by atoms with Crippen molar-refractivity contribution in [2.45, 2.75) is 12.6 Å². The number of halogens is 1. The highest BCUT2D eigenvalue weighted by Gasteiger charge is 2.25. The third-order valence-corrected chi connectivity index (χ3v) is 3.87. The van der Waals surface area contributed by atoms with E-state index in [9.17, 15) is 9.90 Å². The van der Waals surface area contributed by atoms with Gasteiger partial charge in [-0.15, -0.1) is 0 Å². The maximum absolute atomic E-state index is 12.3. The molecule has 1 fully saturated rings. The molecule has 1 heterocycles. The first-order valence-corrected chi connectivity index (χ1v) is 7.39. The van der Waals surface area contributed by atoms with Crippen LogP contribution in [0, 0.1) is 0 Å². The minimum atomic E-state index is -0.0951. The molecule has 21 heavy (non-hydrogen) atoms. The van der Waals surface area contributed by atoms with E-state index in [1.54, 1.807) is 11.9 Å². The summed E-state index contributed by atoms with van der Waals surface area (Å²) in [6, 6.07) is 7.39. The molecule has 1 aliphatic heterocycles. The fraction of sp³-hybridized carbons (Fsp3) is 0.533. The number of ether oxygens (including phenoxy) is 1. The molecular formula is C15H21ClN2O3. The largest absolute Gasteiger partial charge is 0.395 e. The fourth-order valence-corrected chi connectivity index (χ4v) is 2.57. The van der Waals surface area contributed by atoms with E-state index in [1.807, 2.05) is 29.2 Å². The maximum Gasteiger partial charge on any atom is 0.236 e. The molecule has 0 aliphatic carbocycles. The monoisotopic (exact) mass is 312 g/mol. The Balaban J connectivity index is 1.90. The number of hydrogen-bond donors (Lipinski definition) is 1. The minimum Gasteiger partial charge on any atom is -0.395 e. The van der Waals surface area contributed by atoms with Crippen LogP contribution in [0.25, 0.3) is 0 Å². The molecule has 1 unspecified atom stereocenters. The van der Waals surface area contributed by atoms with Gasteiger partial charge in [-0.25, -0.2) is 0 Å². The molecule has 116 valence electrons. The Kier molecular flexibility index (Phi) is 5.99. The van der Waals surface area contributed by atoms with E-state index in [-0.39, 0.29) is 18.6 Å². The summed E-state index contributed by atoms with van der Waals surface area (Å²) >= 11 is 5.95. The number of aliphatic hydroxyl groups is 1. The summed E-state index contributed by atoms with van der Waals surface area (Å²) in [7, 11) is 1.78. The summed E-state index contributed by atoms with van der Waals surface area (Å²) in [4.78, 5) is 15.9.